The lowest BCUT2D eigenvalue weighted by Gasteiger charge is -2.22. The molecule has 0 aromatic heterocycles. The normalized spacial score (nSPS) is 15.4. The third-order valence-electron chi connectivity index (χ3n) is 3.10. The van der Waals surface area contributed by atoms with Crippen LogP contribution in [0.1, 0.15) is 40.0 Å². The molecular weight excluding hydrogens is 271 g/mol. The van der Waals surface area contributed by atoms with Gasteiger partial charge in [0.05, 0.1) is 6.26 Å². The molecule has 0 aromatic carbocycles. The Morgan fingerprint density at radius 1 is 1.45 bits per heavy atom. The summed E-state index contributed by atoms with van der Waals surface area (Å²) < 4.78 is 39.8. The highest BCUT2D eigenvalue weighted by molar-refractivity contribution is 5.47. The Morgan fingerprint density at radius 3 is 2.50 bits per heavy atom. The molecule has 0 radical (unpaired) electrons. The van der Waals surface area contributed by atoms with E-state index in [1.165, 1.54) is 0 Å². The summed E-state index contributed by atoms with van der Waals surface area (Å²) in [6, 6.07) is -0.205. The Kier molecular flexibility index (Phi) is 8.03. The number of ether oxygens (including phenoxy) is 1. The molecule has 0 aliphatic heterocycles. The van der Waals surface area contributed by atoms with Gasteiger partial charge < -0.3 is 10.1 Å². The van der Waals surface area contributed by atoms with Gasteiger partial charge in [-0.05, 0) is 38.2 Å². The van der Waals surface area contributed by atoms with Gasteiger partial charge in [-0.25, -0.2) is 0 Å². The summed E-state index contributed by atoms with van der Waals surface area (Å²) in [4.78, 5) is 10.4. The zero-order valence-corrected chi connectivity index (χ0v) is 12.1. The predicted molar refractivity (Wildman–Crippen MR) is 71.7 cm³/mol. The molecule has 0 aliphatic carbocycles. The largest absolute Gasteiger partial charge is 0.572 e. The zero-order valence-electron chi connectivity index (χ0n) is 12.1. The number of amides is 1. The Hall–Kier alpha value is -1.46. The van der Waals surface area contributed by atoms with Crippen molar-refractivity contribution in [3.63, 3.8) is 0 Å². The van der Waals surface area contributed by atoms with Gasteiger partial charge in [0.25, 0.3) is 0 Å². The molecule has 1 amide bonds. The molecule has 0 spiro atoms. The fourth-order valence-electron chi connectivity index (χ4n) is 1.81. The van der Waals surface area contributed by atoms with Crippen molar-refractivity contribution >= 4 is 6.41 Å². The Morgan fingerprint density at radius 2 is 2.05 bits per heavy atom. The fraction of sp³-hybridized carbons (Fsp3) is 0.643. The molecular formula is C14H22F3NO2. The summed E-state index contributed by atoms with van der Waals surface area (Å²) in [5.41, 5.74) is 1.29. The second-order valence-corrected chi connectivity index (χ2v) is 4.78. The standard InChI is InChI=1S/C14H22F3NO2/c1-5-6-13(7-10(2)12(4)18-9-19)11(3)8-20-14(15,16)17/h8-9,12-13H,2,5-7H2,1,3-4H3,(H,18,19)/b11-8+. The summed E-state index contributed by atoms with van der Waals surface area (Å²) in [5, 5.41) is 2.58. The van der Waals surface area contributed by atoms with Crippen molar-refractivity contribution in [3.8, 4) is 0 Å². The molecule has 0 aliphatic rings. The van der Waals surface area contributed by atoms with Crippen molar-refractivity contribution < 1.29 is 22.7 Å². The van der Waals surface area contributed by atoms with Gasteiger partial charge in [-0.2, -0.15) is 0 Å². The first-order valence-electron chi connectivity index (χ1n) is 6.49. The van der Waals surface area contributed by atoms with Crippen molar-refractivity contribution in [1.82, 2.24) is 5.32 Å². The molecule has 2 unspecified atom stereocenters. The maximum Gasteiger partial charge on any atom is 0.572 e. The fourth-order valence-corrected chi connectivity index (χ4v) is 1.81. The number of carbonyl (C=O) groups is 1. The molecule has 0 saturated heterocycles. The molecule has 0 rings (SSSR count). The maximum absolute atomic E-state index is 12.0. The van der Waals surface area contributed by atoms with Gasteiger partial charge in [-0.15, -0.1) is 13.2 Å². The van der Waals surface area contributed by atoms with Crippen LogP contribution in [0.2, 0.25) is 0 Å². The molecule has 0 aromatic rings. The third kappa shape index (κ3) is 7.86. The minimum absolute atomic E-state index is 0.0780. The van der Waals surface area contributed by atoms with Crippen molar-refractivity contribution in [1.29, 1.82) is 0 Å². The van der Waals surface area contributed by atoms with Crippen LogP contribution >= 0.6 is 0 Å². The molecule has 116 valence electrons. The van der Waals surface area contributed by atoms with Gasteiger partial charge in [0.2, 0.25) is 6.41 Å². The lowest BCUT2D eigenvalue weighted by molar-refractivity contribution is -0.298. The summed E-state index contributed by atoms with van der Waals surface area (Å²) in [5.74, 6) is -0.0780. The van der Waals surface area contributed by atoms with E-state index in [1.807, 2.05) is 6.92 Å². The number of nitrogens with one attached hydrogen (secondary N) is 1. The number of allylic oxidation sites excluding steroid dienone is 1. The van der Waals surface area contributed by atoms with Gasteiger partial charge in [0.15, 0.2) is 0 Å². The first-order valence-corrected chi connectivity index (χ1v) is 6.49. The highest BCUT2D eigenvalue weighted by Crippen LogP contribution is 2.27. The number of carbonyl (C=O) groups excluding carboxylic acids is 1. The van der Waals surface area contributed by atoms with E-state index in [9.17, 15) is 18.0 Å². The molecule has 0 fully saturated rings. The highest BCUT2D eigenvalue weighted by Gasteiger charge is 2.29. The molecule has 0 heterocycles. The molecule has 3 nitrogen and oxygen atoms in total. The third-order valence-corrected chi connectivity index (χ3v) is 3.10. The molecule has 1 N–H and O–H groups in total. The van der Waals surface area contributed by atoms with Crippen molar-refractivity contribution in [3.05, 3.63) is 24.0 Å². The van der Waals surface area contributed by atoms with E-state index in [-0.39, 0.29) is 12.0 Å². The number of alkyl halides is 3. The zero-order chi connectivity index (χ0) is 15.8. The van der Waals surface area contributed by atoms with Crippen LogP contribution in [0.15, 0.2) is 24.0 Å². The van der Waals surface area contributed by atoms with Gasteiger partial charge in [0.1, 0.15) is 0 Å². The van der Waals surface area contributed by atoms with Crippen LogP contribution < -0.4 is 5.32 Å². The highest BCUT2D eigenvalue weighted by atomic mass is 19.4. The van der Waals surface area contributed by atoms with Crippen LogP contribution in [0, 0.1) is 5.92 Å². The van der Waals surface area contributed by atoms with E-state index in [0.717, 1.165) is 24.7 Å². The Bertz CT molecular complexity index is 351. The number of halogens is 3. The summed E-state index contributed by atoms with van der Waals surface area (Å²) >= 11 is 0. The van der Waals surface area contributed by atoms with Gasteiger partial charge in [-0.1, -0.05) is 25.5 Å². The first kappa shape index (κ1) is 18.5. The predicted octanol–water partition coefficient (Wildman–Crippen LogP) is 3.92. The molecule has 6 heteroatoms. The smallest absolute Gasteiger partial charge is 0.414 e. The lowest BCUT2D eigenvalue weighted by atomic mass is 9.88. The van der Waals surface area contributed by atoms with Crippen LogP contribution in [0.4, 0.5) is 13.2 Å². The average molecular weight is 293 g/mol. The molecule has 0 bridgehead atoms. The minimum Gasteiger partial charge on any atom is -0.414 e. The topological polar surface area (TPSA) is 38.3 Å². The minimum atomic E-state index is -4.67. The van der Waals surface area contributed by atoms with E-state index in [1.54, 1.807) is 13.8 Å². The Balaban J connectivity index is 4.70. The van der Waals surface area contributed by atoms with Gasteiger partial charge >= 0.3 is 6.36 Å². The van der Waals surface area contributed by atoms with E-state index in [2.05, 4.69) is 16.6 Å². The summed E-state index contributed by atoms with van der Waals surface area (Å²) in [6.07, 6.45) is -1.24. The first-order chi connectivity index (χ1) is 9.21. The van der Waals surface area contributed by atoms with Crippen molar-refractivity contribution in [2.75, 3.05) is 0 Å². The Labute approximate surface area is 117 Å². The van der Waals surface area contributed by atoms with Crippen molar-refractivity contribution in [2.45, 2.75) is 52.4 Å². The second-order valence-electron chi connectivity index (χ2n) is 4.78. The van der Waals surface area contributed by atoms with Crippen LogP contribution in [0.3, 0.4) is 0 Å². The van der Waals surface area contributed by atoms with Gasteiger partial charge in [0, 0.05) is 6.04 Å². The quantitative estimate of drug-likeness (QED) is 0.397. The van der Waals surface area contributed by atoms with Crippen LogP contribution in [0.5, 0.6) is 0 Å². The van der Waals surface area contributed by atoms with Gasteiger partial charge in [-0.3, -0.25) is 4.79 Å². The lowest BCUT2D eigenvalue weighted by Crippen LogP contribution is -2.27. The van der Waals surface area contributed by atoms with Crippen LogP contribution in [0.25, 0.3) is 0 Å². The summed E-state index contributed by atoms with van der Waals surface area (Å²) in [6.45, 7) is 9.23. The van der Waals surface area contributed by atoms with Crippen molar-refractivity contribution in [2.24, 2.45) is 5.92 Å². The molecule has 20 heavy (non-hydrogen) atoms. The van der Waals surface area contributed by atoms with E-state index < -0.39 is 6.36 Å². The van der Waals surface area contributed by atoms with E-state index in [4.69, 9.17) is 0 Å². The molecule has 2 atom stereocenters. The monoisotopic (exact) mass is 293 g/mol. The summed E-state index contributed by atoms with van der Waals surface area (Å²) in [7, 11) is 0. The van der Waals surface area contributed by atoms with E-state index >= 15 is 0 Å². The number of hydrogen-bond donors (Lipinski definition) is 1. The number of hydrogen-bond acceptors (Lipinski definition) is 2. The molecule has 0 saturated carbocycles. The maximum atomic E-state index is 12.0. The van der Waals surface area contributed by atoms with Crippen LogP contribution in [-0.4, -0.2) is 18.8 Å². The van der Waals surface area contributed by atoms with E-state index in [0.29, 0.717) is 18.4 Å². The number of rotatable bonds is 9. The van der Waals surface area contributed by atoms with Crippen LogP contribution in [-0.2, 0) is 9.53 Å². The average Bonchev–Trinajstić information content (AvgIpc) is 2.34. The SMILES string of the molecule is C=C(CC(CCC)/C(C)=C/OC(F)(F)F)C(C)NC=O. The second kappa shape index (κ2) is 8.66.